The Balaban J connectivity index is 1.92. The second kappa shape index (κ2) is 7.06. The van der Waals surface area contributed by atoms with Crippen LogP contribution in [0.4, 0.5) is 5.69 Å². The lowest BCUT2D eigenvalue weighted by atomic mass is 9.98. The third-order valence-corrected chi connectivity index (χ3v) is 4.93. The molecule has 3 aromatic carbocycles. The number of hydrazone groups is 1. The Morgan fingerprint density at radius 1 is 0.923 bits per heavy atom. The van der Waals surface area contributed by atoms with Gasteiger partial charge in [0.1, 0.15) is 5.71 Å². The second-order valence-corrected chi connectivity index (χ2v) is 7.38. The molecule has 0 unspecified atom stereocenters. The van der Waals surface area contributed by atoms with E-state index in [-0.39, 0.29) is 0 Å². The highest BCUT2D eigenvalue weighted by atomic mass is 79.9. The molecule has 0 aromatic heterocycles. The number of hydrogen-bond donors (Lipinski definition) is 1. The Kier molecular flexibility index (Phi) is 4.62. The molecule has 3 nitrogen and oxygen atoms in total. The lowest BCUT2D eigenvalue weighted by Crippen LogP contribution is -2.19. The molecule has 0 saturated heterocycles. The lowest BCUT2D eigenvalue weighted by Gasteiger charge is -2.10. The van der Waals surface area contributed by atoms with Gasteiger partial charge in [-0.3, -0.25) is 5.43 Å². The molecule has 1 aliphatic rings. The molecule has 0 saturated carbocycles. The van der Waals surface area contributed by atoms with E-state index in [1.165, 1.54) is 0 Å². The molecule has 5 heteroatoms. The van der Waals surface area contributed by atoms with Gasteiger partial charge in [-0.15, -0.1) is 0 Å². The number of aryl methyl sites for hydroxylation is 1. The maximum Gasteiger partial charge on any atom is 0.154 e. The zero-order valence-corrected chi connectivity index (χ0v) is 16.3. The van der Waals surface area contributed by atoms with Crippen LogP contribution in [0.1, 0.15) is 22.3 Å². The summed E-state index contributed by atoms with van der Waals surface area (Å²) in [4.78, 5) is 4.87. The van der Waals surface area contributed by atoms with E-state index < -0.39 is 0 Å². The van der Waals surface area contributed by atoms with Crippen molar-refractivity contribution >= 4 is 44.8 Å². The molecule has 26 heavy (non-hydrogen) atoms. The van der Waals surface area contributed by atoms with Gasteiger partial charge in [0, 0.05) is 26.2 Å². The van der Waals surface area contributed by atoms with Crippen molar-refractivity contribution < 1.29 is 0 Å². The quantitative estimate of drug-likeness (QED) is 0.551. The third kappa shape index (κ3) is 3.30. The van der Waals surface area contributed by atoms with Gasteiger partial charge in [-0.2, -0.15) is 5.10 Å². The first-order valence-electron chi connectivity index (χ1n) is 8.16. The van der Waals surface area contributed by atoms with Crippen LogP contribution >= 0.6 is 27.5 Å². The molecule has 1 N–H and O–H groups in total. The summed E-state index contributed by atoms with van der Waals surface area (Å²) >= 11 is 9.80. The predicted octanol–water partition coefficient (Wildman–Crippen LogP) is 5.84. The minimum absolute atomic E-state index is 0.673. The molecule has 4 rings (SSSR count). The molecular formula is C21H15BrClN3. The van der Waals surface area contributed by atoms with E-state index in [0.717, 1.165) is 38.1 Å². The molecule has 128 valence electrons. The highest BCUT2D eigenvalue weighted by Gasteiger charge is 2.19. The van der Waals surface area contributed by atoms with Gasteiger partial charge < -0.3 is 0 Å². The first-order valence-corrected chi connectivity index (χ1v) is 9.33. The van der Waals surface area contributed by atoms with Crippen LogP contribution in [-0.2, 0) is 0 Å². The standard InChI is InChI=1S/C21H15BrClN3/c1-13-11-17(23)12-18-19(13)24-21(15-7-9-16(22)10-8-15)26-25-20(18)14-5-3-2-4-6-14/h2-12H,1H3,(H,24,26). The topological polar surface area (TPSA) is 36.8 Å². The summed E-state index contributed by atoms with van der Waals surface area (Å²) in [6.45, 7) is 2.02. The van der Waals surface area contributed by atoms with Gasteiger partial charge in [-0.25, -0.2) is 4.99 Å². The van der Waals surface area contributed by atoms with Crippen LogP contribution in [0.3, 0.4) is 0 Å². The molecule has 0 amide bonds. The average molecular weight is 425 g/mol. The number of halogens is 2. The molecular weight excluding hydrogens is 410 g/mol. The smallest absolute Gasteiger partial charge is 0.154 e. The fourth-order valence-corrected chi connectivity index (χ4v) is 3.46. The van der Waals surface area contributed by atoms with Crippen molar-refractivity contribution in [3.8, 4) is 0 Å². The number of amidine groups is 1. The first kappa shape index (κ1) is 17.0. The molecule has 1 heterocycles. The molecule has 0 aliphatic carbocycles. The molecule has 0 radical (unpaired) electrons. The van der Waals surface area contributed by atoms with Gasteiger partial charge >= 0.3 is 0 Å². The fourth-order valence-electron chi connectivity index (χ4n) is 2.92. The summed E-state index contributed by atoms with van der Waals surface area (Å²) in [6.07, 6.45) is 0. The summed E-state index contributed by atoms with van der Waals surface area (Å²) in [7, 11) is 0. The summed E-state index contributed by atoms with van der Waals surface area (Å²) in [6, 6.07) is 21.9. The van der Waals surface area contributed by atoms with E-state index in [9.17, 15) is 0 Å². The van der Waals surface area contributed by atoms with Crippen molar-refractivity contribution in [2.45, 2.75) is 6.92 Å². The average Bonchev–Trinajstić information content (AvgIpc) is 2.83. The lowest BCUT2D eigenvalue weighted by molar-refractivity contribution is 1.03. The third-order valence-electron chi connectivity index (χ3n) is 4.18. The SMILES string of the molecule is Cc1cc(Cl)cc2c1N=C(c1ccc(Br)cc1)NN=C2c1ccccc1. The molecule has 0 bridgehead atoms. The number of nitrogens with zero attached hydrogens (tertiary/aromatic N) is 2. The minimum atomic E-state index is 0.673. The Morgan fingerprint density at radius 3 is 2.38 bits per heavy atom. The van der Waals surface area contributed by atoms with Gasteiger partial charge in [0.25, 0.3) is 0 Å². The largest absolute Gasteiger partial charge is 0.260 e. The van der Waals surface area contributed by atoms with E-state index in [1.54, 1.807) is 0 Å². The van der Waals surface area contributed by atoms with Crippen LogP contribution in [0.25, 0.3) is 0 Å². The summed E-state index contributed by atoms with van der Waals surface area (Å²) < 4.78 is 1.02. The van der Waals surface area contributed by atoms with Crippen molar-refractivity contribution in [1.82, 2.24) is 5.43 Å². The fraction of sp³-hybridized carbons (Fsp3) is 0.0476. The van der Waals surface area contributed by atoms with E-state index in [2.05, 4.69) is 26.5 Å². The van der Waals surface area contributed by atoms with Crippen molar-refractivity contribution in [2.24, 2.45) is 10.1 Å². The maximum absolute atomic E-state index is 6.33. The van der Waals surface area contributed by atoms with Crippen LogP contribution in [0.2, 0.25) is 5.02 Å². The number of nitrogens with one attached hydrogen (secondary N) is 1. The number of hydrogen-bond acceptors (Lipinski definition) is 3. The zero-order valence-electron chi connectivity index (χ0n) is 14.0. The van der Waals surface area contributed by atoms with Crippen molar-refractivity contribution in [3.63, 3.8) is 0 Å². The Hall–Kier alpha value is -2.43. The van der Waals surface area contributed by atoms with E-state index in [4.69, 9.17) is 16.6 Å². The van der Waals surface area contributed by atoms with Gasteiger partial charge in [0.15, 0.2) is 5.84 Å². The zero-order chi connectivity index (χ0) is 18.1. The summed E-state index contributed by atoms with van der Waals surface area (Å²) in [5.41, 5.74) is 8.74. The van der Waals surface area contributed by atoms with E-state index in [0.29, 0.717) is 10.9 Å². The molecule has 3 aromatic rings. The number of fused-ring (bicyclic) bond motifs is 1. The van der Waals surface area contributed by atoms with Crippen molar-refractivity contribution in [3.05, 3.63) is 98.5 Å². The van der Waals surface area contributed by atoms with Gasteiger partial charge in [0.05, 0.1) is 5.69 Å². The molecule has 0 spiro atoms. The highest BCUT2D eigenvalue weighted by Crippen LogP contribution is 2.32. The van der Waals surface area contributed by atoms with E-state index in [1.807, 2.05) is 73.7 Å². The van der Waals surface area contributed by atoms with Crippen LogP contribution in [0.15, 0.2) is 81.3 Å². The number of rotatable bonds is 2. The van der Waals surface area contributed by atoms with E-state index >= 15 is 0 Å². The second-order valence-electron chi connectivity index (χ2n) is 6.02. The normalized spacial score (nSPS) is 13.2. The highest BCUT2D eigenvalue weighted by molar-refractivity contribution is 9.10. The number of benzene rings is 3. The van der Waals surface area contributed by atoms with Crippen molar-refractivity contribution in [2.75, 3.05) is 0 Å². The summed E-state index contributed by atoms with van der Waals surface area (Å²) in [5, 5.41) is 5.34. The Morgan fingerprint density at radius 2 is 1.65 bits per heavy atom. The first-order chi connectivity index (χ1) is 12.6. The summed E-state index contributed by atoms with van der Waals surface area (Å²) in [5.74, 6) is 0.704. The van der Waals surface area contributed by atoms with Gasteiger partial charge in [0.2, 0.25) is 0 Å². The maximum atomic E-state index is 6.33. The van der Waals surface area contributed by atoms with Crippen molar-refractivity contribution in [1.29, 1.82) is 0 Å². The molecule has 0 atom stereocenters. The molecule has 0 fully saturated rings. The van der Waals surface area contributed by atoms with Gasteiger partial charge in [-0.1, -0.05) is 70.0 Å². The predicted molar refractivity (Wildman–Crippen MR) is 112 cm³/mol. The Labute approximate surface area is 165 Å². The molecule has 1 aliphatic heterocycles. The van der Waals surface area contributed by atoms with Crippen LogP contribution in [-0.4, -0.2) is 11.5 Å². The minimum Gasteiger partial charge on any atom is -0.260 e. The van der Waals surface area contributed by atoms with Crippen LogP contribution in [0.5, 0.6) is 0 Å². The Bertz CT molecular complexity index is 1030. The van der Waals surface area contributed by atoms with Gasteiger partial charge in [-0.05, 0) is 36.8 Å². The number of aliphatic imine (C=N–C) groups is 1. The van der Waals surface area contributed by atoms with Crippen LogP contribution in [0, 0.1) is 6.92 Å². The van der Waals surface area contributed by atoms with Crippen LogP contribution < -0.4 is 5.43 Å². The monoisotopic (exact) mass is 423 g/mol.